The van der Waals surface area contributed by atoms with E-state index in [2.05, 4.69) is 32.7 Å². The first-order valence-corrected chi connectivity index (χ1v) is 9.86. The smallest absolute Gasteiger partial charge is 0.191 e. The number of para-hydroxylation sites is 1. The lowest BCUT2D eigenvalue weighted by Gasteiger charge is -2.21. The first-order valence-electron chi connectivity index (χ1n) is 9.86. The van der Waals surface area contributed by atoms with E-state index < -0.39 is 0 Å². The Hall–Kier alpha value is -3.08. The summed E-state index contributed by atoms with van der Waals surface area (Å²) >= 11 is 0. The zero-order valence-corrected chi connectivity index (χ0v) is 16.2. The topological polar surface area (TPSA) is 69.5 Å². The molecule has 1 aliphatic rings. The van der Waals surface area contributed by atoms with Crippen LogP contribution in [0.1, 0.15) is 35.1 Å². The van der Waals surface area contributed by atoms with E-state index in [1.807, 2.05) is 36.5 Å². The van der Waals surface area contributed by atoms with Gasteiger partial charge in [-0.3, -0.25) is 9.98 Å². The maximum atomic E-state index is 10.4. The van der Waals surface area contributed by atoms with Crippen molar-refractivity contribution in [2.75, 3.05) is 7.05 Å². The van der Waals surface area contributed by atoms with Crippen molar-refractivity contribution in [1.29, 1.82) is 0 Å². The van der Waals surface area contributed by atoms with Crippen molar-refractivity contribution in [3.05, 3.63) is 70.9 Å². The summed E-state index contributed by atoms with van der Waals surface area (Å²) in [5, 5.41) is 18.2. The lowest BCUT2D eigenvalue weighted by molar-refractivity contribution is 0.464. The summed E-state index contributed by atoms with van der Waals surface area (Å²) in [5.74, 6) is 1.08. The number of hydrogen-bond acceptors (Lipinski definition) is 3. The zero-order valence-electron chi connectivity index (χ0n) is 16.2. The van der Waals surface area contributed by atoms with E-state index in [4.69, 9.17) is 0 Å². The van der Waals surface area contributed by atoms with Gasteiger partial charge in [0.05, 0.1) is 5.52 Å². The maximum Gasteiger partial charge on any atom is 0.191 e. The van der Waals surface area contributed by atoms with Gasteiger partial charge in [0.15, 0.2) is 5.96 Å². The highest BCUT2D eigenvalue weighted by Gasteiger charge is 2.16. The zero-order chi connectivity index (χ0) is 19.3. The van der Waals surface area contributed by atoms with Crippen molar-refractivity contribution < 1.29 is 5.11 Å². The molecule has 1 heterocycles. The van der Waals surface area contributed by atoms with Crippen LogP contribution in [0.25, 0.3) is 10.9 Å². The fraction of sp³-hybridized carbons (Fsp3) is 0.304. The Morgan fingerprint density at radius 1 is 1.04 bits per heavy atom. The minimum atomic E-state index is 0.365. The molecule has 4 rings (SSSR count). The molecule has 28 heavy (non-hydrogen) atoms. The molecule has 0 spiro atoms. The van der Waals surface area contributed by atoms with E-state index in [1.54, 1.807) is 7.05 Å². The van der Waals surface area contributed by atoms with Crippen molar-refractivity contribution >= 4 is 16.9 Å². The van der Waals surface area contributed by atoms with Crippen LogP contribution >= 0.6 is 0 Å². The third kappa shape index (κ3) is 3.79. The summed E-state index contributed by atoms with van der Waals surface area (Å²) < 4.78 is 0. The van der Waals surface area contributed by atoms with E-state index in [0.717, 1.165) is 29.3 Å². The summed E-state index contributed by atoms with van der Waals surface area (Å²) in [6.45, 7) is 1.22. The van der Waals surface area contributed by atoms with Crippen LogP contribution in [0.2, 0.25) is 0 Å². The number of guanidine groups is 1. The lowest BCUT2D eigenvalue weighted by atomic mass is 9.88. The number of benzene rings is 2. The number of aryl methyl sites for hydroxylation is 1. The van der Waals surface area contributed by atoms with Gasteiger partial charge in [0.25, 0.3) is 0 Å². The fourth-order valence-electron chi connectivity index (χ4n) is 3.97. The molecule has 0 bridgehead atoms. The molecule has 0 radical (unpaired) electrons. The number of phenols is 1. The minimum absolute atomic E-state index is 0.365. The van der Waals surface area contributed by atoms with Gasteiger partial charge >= 0.3 is 0 Å². The molecule has 2 aromatic carbocycles. The predicted octanol–water partition coefficient (Wildman–Crippen LogP) is 3.68. The number of rotatable bonds is 4. The van der Waals surface area contributed by atoms with Gasteiger partial charge < -0.3 is 15.7 Å². The Kier molecular flexibility index (Phi) is 5.42. The van der Waals surface area contributed by atoms with E-state index in [0.29, 0.717) is 24.8 Å². The fourth-order valence-corrected chi connectivity index (χ4v) is 3.97. The van der Waals surface area contributed by atoms with Crippen molar-refractivity contribution in [2.45, 2.75) is 38.8 Å². The first-order chi connectivity index (χ1) is 13.8. The minimum Gasteiger partial charge on any atom is -0.508 e. The Bertz CT molecular complexity index is 1010. The molecule has 3 aromatic rings. The van der Waals surface area contributed by atoms with Crippen LogP contribution in [-0.4, -0.2) is 23.1 Å². The number of aromatic hydroxyl groups is 1. The number of hydrogen-bond donors (Lipinski definition) is 3. The van der Waals surface area contributed by atoms with Crippen LogP contribution in [0.5, 0.6) is 5.75 Å². The Balaban J connectivity index is 1.45. The van der Waals surface area contributed by atoms with E-state index in [-0.39, 0.29) is 0 Å². The number of nitrogens with one attached hydrogen (secondary N) is 2. The molecule has 5 heteroatoms. The van der Waals surface area contributed by atoms with Crippen LogP contribution in [0.4, 0.5) is 0 Å². The average Bonchev–Trinajstić information content (AvgIpc) is 2.75. The number of aliphatic imine (C=N–C) groups is 1. The highest BCUT2D eigenvalue weighted by molar-refractivity contribution is 5.83. The van der Waals surface area contributed by atoms with Gasteiger partial charge in [-0.15, -0.1) is 0 Å². The largest absolute Gasteiger partial charge is 0.508 e. The number of pyridine rings is 1. The Morgan fingerprint density at radius 2 is 1.86 bits per heavy atom. The molecule has 1 aliphatic carbocycles. The third-order valence-electron chi connectivity index (χ3n) is 5.47. The molecule has 0 amide bonds. The molecule has 144 valence electrons. The summed E-state index contributed by atoms with van der Waals surface area (Å²) in [4.78, 5) is 8.75. The summed E-state index contributed by atoms with van der Waals surface area (Å²) in [7, 11) is 1.76. The molecule has 0 atom stereocenters. The molecule has 0 aliphatic heterocycles. The quantitative estimate of drug-likeness (QED) is 0.481. The van der Waals surface area contributed by atoms with Crippen LogP contribution < -0.4 is 10.6 Å². The van der Waals surface area contributed by atoms with Crippen molar-refractivity contribution in [3.8, 4) is 5.75 Å². The summed E-state index contributed by atoms with van der Waals surface area (Å²) in [5.41, 5.74) is 5.83. The van der Waals surface area contributed by atoms with Crippen molar-refractivity contribution in [3.63, 3.8) is 0 Å². The molecule has 0 fully saturated rings. The average molecular weight is 374 g/mol. The van der Waals surface area contributed by atoms with Gasteiger partial charge in [-0.25, -0.2) is 0 Å². The molecule has 3 N–H and O–H groups in total. The van der Waals surface area contributed by atoms with Crippen molar-refractivity contribution in [1.82, 2.24) is 15.6 Å². The summed E-state index contributed by atoms with van der Waals surface area (Å²) in [6.07, 6.45) is 6.39. The number of aromatic nitrogens is 1. The van der Waals surface area contributed by atoms with Crippen LogP contribution in [0.3, 0.4) is 0 Å². The Morgan fingerprint density at radius 3 is 2.75 bits per heavy atom. The normalized spacial score (nSPS) is 14.0. The molecular formula is C23H26N4O. The van der Waals surface area contributed by atoms with E-state index >= 15 is 0 Å². The second kappa shape index (κ2) is 8.30. The van der Waals surface area contributed by atoms with Gasteiger partial charge in [-0.2, -0.15) is 0 Å². The molecule has 0 saturated heterocycles. The highest BCUT2D eigenvalue weighted by Crippen LogP contribution is 2.30. The van der Waals surface area contributed by atoms with Crippen LogP contribution in [0, 0.1) is 0 Å². The maximum absolute atomic E-state index is 10.4. The van der Waals surface area contributed by atoms with Gasteiger partial charge in [0.1, 0.15) is 5.75 Å². The van der Waals surface area contributed by atoms with Gasteiger partial charge in [0, 0.05) is 37.3 Å². The van der Waals surface area contributed by atoms with Gasteiger partial charge in [0.2, 0.25) is 0 Å². The number of fused-ring (bicyclic) bond motifs is 2. The first kappa shape index (κ1) is 18.3. The molecule has 1 aromatic heterocycles. The molecule has 0 saturated carbocycles. The van der Waals surface area contributed by atoms with Crippen LogP contribution in [0.15, 0.2) is 53.7 Å². The van der Waals surface area contributed by atoms with E-state index in [9.17, 15) is 5.11 Å². The monoisotopic (exact) mass is 374 g/mol. The Labute approximate surface area is 165 Å². The SMILES string of the molecule is CN=C(NCc1c(O)ccc2c1CCCC2)NCc1ccnc2ccccc12. The van der Waals surface area contributed by atoms with Gasteiger partial charge in [-0.05, 0) is 60.6 Å². The number of phenolic OH excluding ortho intramolecular Hbond substituents is 1. The highest BCUT2D eigenvalue weighted by atomic mass is 16.3. The molecule has 0 unspecified atom stereocenters. The van der Waals surface area contributed by atoms with Crippen molar-refractivity contribution in [2.24, 2.45) is 4.99 Å². The second-order valence-corrected chi connectivity index (χ2v) is 7.17. The molecular weight excluding hydrogens is 348 g/mol. The lowest BCUT2D eigenvalue weighted by Crippen LogP contribution is -2.36. The van der Waals surface area contributed by atoms with E-state index in [1.165, 1.54) is 29.5 Å². The third-order valence-corrected chi connectivity index (χ3v) is 5.47. The molecule has 5 nitrogen and oxygen atoms in total. The second-order valence-electron chi connectivity index (χ2n) is 7.17. The van der Waals surface area contributed by atoms with Crippen LogP contribution in [-0.2, 0) is 25.9 Å². The number of nitrogens with zero attached hydrogens (tertiary/aromatic N) is 2. The summed E-state index contributed by atoms with van der Waals surface area (Å²) in [6, 6.07) is 14.1. The predicted molar refractivity (Wildman–Crippen MR) is 114 cm³/mol. The standard InChI is InChI=1S/C23H26N4O/c1-24-23(26-14-17-12-13-25-21-9-5-4-8-19(17)21)27-15-20-18-7-3-2-6-16(18)10-11-22(20)28/h4-5,8-13,28H,2-3,6-7,14-15H2,1H3,(H2,24,26,27). The van der Waals surface area contributed by atoms with Gasteiger partial charge in [-0.1, -0.05) is 24.3 Å².